The number of esters is 2. The SMILES string of the molecule is Cc1ccc(NC(=O)[C@@H](OC(=O)c2cccc(C(F)(F)F)c2)[C@@H](OC(=O)c2cccc(C(F)(F)F)c2)C(=O)O)cc1. The third-order valence-corrected chi connectivity index (χ3v) is 5.42. The Hall–Kier alpha value is -4.88. The summed E-state index contributed by atoms with van der Waals surface area (Å²) < 4.78 is 88.3. The van der Waals surface area contributed by atoms with Crippen LogP contribution in [0.2, 0.25) is 0 Å². The van der Waals surface area contributed by atoms with E-state index in [1.807, 2.05) is 0 Å². The molecule has 0 saturated heterocycles. The molecule has 2 N–H and O–H groups in total. The molecule has 3 aromatic carbocycles. The summed E-state index contributed by atoms with van der Waals surface area (Å²) in [7, 11) is 0. The highest BCUT2D eigenvalue weighted by Crippen LogP contribution is 2.31. The number of carbonyl (C=O) groups is 4. The van der Waals surface area contributed by atoms with Gasteiger partial charge in [-0.25, -0.2) is 14.4 Å². The summed E-state index contributed by atoms with van der Waals surface area (Å²) in [6.07, 6.45) is -14.8. The zero-order valence-corrected chi connectivity index (χ0v) is 20.7. The van der Waals surface area contributed by atoms with E-state index in [9.17, 15) is 50.6 Å². The Bertz CT molecular complexity index is 1450. The molecule has 14 heteroatoms. The number of aryl methyl sites for hydroxylation is 1. The number of carboxylic acids is 1. The summed E-state index contributed by atoms with van der Waals surface area (Å²) in [6, 6.07) is 11.4. The van der Waals surface area contributed by atoms with Gasteiger partial charge in [0.25, 0.3) is 5.91 Å². The molecule has 216 valence electrons. The van der Waals surface area contributed by atoms with Crippen molar-refractivity contribution in [1.29, 1.82) is 0 Å². The largest absolute Gasteiger partial charge is 0.478 e. The number of anilines is 1. The Kier molecular flexibility index (Phi) is 9.05. The molecule has 0 aromatic heterocycles. The number of carboxylic acid groups (broad SMARTS) is 1. The summed E-state index contributed by atoms with van der Waals surface area (Å²) in [4.78, 5) is 50.5. The quantitative estimate of drug-likeness (QED) is 0.265. The van der Waals surface area contributed by atoms with Crippen LogP contribution in [0.15, 0.2) is 72.8 Å². The molecule has 0 saturated carbocycles. The molecule has 0 bridgehead atoms. The molecule has 0 heterocycles. The fourth-order valence-corrected chi connectivity index (χ4v) is 3.36. The minimum absolute atomic E-state index is 0.0778. The number of rotatable bonds is 8. The van der Waals surface area contributed by atoms with E-state index in [1.165, 1.54) is 12.1 Å². The van der Waals surface area contributed by atoms with Crippen LogP contribution in [0.1, 0.15) is 37.4 Å². The minimum atomic E-state index is -4.86. The van der Waals surface area contributed by atoms with Crippen LogP contribution in [0.5, 0.6) is 0 Å². The van der Waals surface area contributed by atoms with E-state index in [-0.39, 0.29) is 5.69 Å². The number of ether oxygens (including phenoxy) is 2. The predicted octanol–water partition coefficient (Wildman–Crippen LogP) is 5.51. The second kappa shape index (κ2) is 12.1. The van der Waals surface area contributed by atoms with Crippen LogP contribution in [-0.2, 0) is 31.4 Å². The molecule has 0 aliphatic carbocycles. The Balaban J connectivity index is 1.96. The van der Waals surface area contributed by atoms with Crippen LogP contribution in [-0.4, -0.2) is 41.1 Å². The van der Waals surface area contributed by atoms with E-state index in [4.69, 9.17) is 9.47 Å². The van der Waals surface area contributed by atoms with Crippen molar-refractivity contribution in [2.75, 3.05) is 5.32 Å². The van der Waals surface area contributed by atoms with Crippen LogP contribution in [0, 0.1) is 6.92 Å². The third-order valence-electron chi connectivity index (χ3n) is 5.42. The molecule has 3 aromatic rings. The van der Waals surface area contributed by atoms with Crippen molar-refractivity contribution in [2.45, 2.75) is 31.5 Å². The van der Waals surface area contributed by atoms with Gasteiger partial charge in [-0.05, 0) is 55.5 Å². The van der Waals surface area contributed by atoms with Gasteiger partial charge in [0, 0.05) is 5.69 Å². The van der Waals surface area contributed by atoms with Gasteiger partial charge in [-0.1, -0.05) is 29.8 Å². The first-order valence-corrected chi connectivity index (χ1v) is 11.4. The van der Waals surface area contributed by atoms with Gasteiger partial charge in [-0.15, -0.1) is 0 Å². The summed E-state index contributed by atoms with van der Waals surface area (Å²) in [5.41, 5.74) is -3.13. The highest BCUT2D eigenvalue weighted by Gasteiger charge is 2.42. The molecule has 41 heavy (non-hydrogen) atoms. The van der Waals surface area contributed by atoms with Gasteiger partial charge in [0.2, 0.25) is 12.2 Å². The molecular formula is C27H19F6NO7. The zero-order valence-electron chi connectivity index (χ0n) is 20.7. The van der Waals surface area contributed by atoms with Gasteiger partial charge in [0.15, 0.2) is 0 Å². The van der Waals surface area contributed by atoms with E-state index >= 15 is 0 Å². The van der Waals surface area contributed by atoms with Crippen LogP contribution in [0.3, 0.4) is 0 Å². The first-order chi connectivity index (χ1) is 19.1. The smallest absolute Gasteiger partial charge is 0.416 e. The summed E-state index contributed by atoms with van der Waals surface area (Å²) >= 11 is 0. The van der Waals surface area contributed by atoms with E-state index < -0.39 is 70.6 Å². The number of amides is 1. The molecule has 8 nitrogen and oxygen atoms in total. The predicted molar refractivity (Wildman–Crippen MR) is 129 cm³/mol. The molecule has 0 aliphatic heterocycles. The third kappa shape index (κ3) is 8.06. The fourth-order valence-electron chi connectivity index (χ4n) is 3.36. The normalized spacial score (nSPS) is 13.0. The van der Waals surface area contributed by atoms with Gasteiger partial charge < -0.3 is 19.9 Å². The molecule has 3 rings (SSSR count). The second-order valence-corrected chi connectivity index (χ2v) is 8.50. The Morgan fingerprint density at radius 1 is 0.707 bits per heavy atom. The second-order valence-electron chi connectivity index (χ2n) is 8.50. The highest BCUT2D eigenvalue weighted by atomic mass is 19.4. The maximum Gasteiger partial charge on any atom is 0.416 e. The Labute approximate surface area is 227 Å². The molecule has 0 aliphatic rings. The molecule has 0 fully saturated rings. The monoisotopic (exact) mass is 583 g/mol. The number of benzene rings is 3. The number of nitrogens with one attached hydrogen (secondary N) is 1. The lowest BCUT2D eigenvalue weighted by Crippen LogP contribution is -2.48. The summed E-state index contributed by atoms with van der Waals surface area (Å²) in [5.74, 6) is -6.61. The highest BCUT2D eigenvalue weighted by molar-refractivity contribution is 6.01. The van der Waals surface area contributed by atoms with Gasteiger partial charge in [0.1, 0.15) is 0 Å². The summed E-state index contributed by atoms with van der Waals surface area (Å²) in [5, 5.41) is 12.0. The molecule has 0 unspecified atom stereocenters. The van der Waals surface area contributed by atoms with Gasteiger partial charge >= 0.3 is 30.3 Å². The standard InChI is InChI=1S/C27H19F6NO7/c1-14-8-10-19(11-9-14)34-22(35)20(40-24(38)15-4-2-6-17(12-15)26(28,29)30)21(23(36)37)41-25(39)16-5-3-7-18(13-16)27(31,32)33/h2-13,20-21H,1H3,(H,34,35)(H,36,37)/t20-,21+/m0/s1. The molecule has 0 spiro atoms. The van der Waals surface area contributed by atoms with Crippen molar-refractivity contribution in [1.82, 2.24) is 0 Å². The van der Waals surface area contributed by atoms with Gasteiger partial charge in [-0.2, -0.15) is 26.3 Å². The van der Waals surface area contributed by atoms with E-state index in [0.717, 1.165) is 29.8 Å². The topological polar surface area (TPSA) is 119 Å². The molecule has 2 atom stereocenters. The Morgan fingerprint density at radius 3 is 1.56 bits per heavy atom. The van der Waals surface area contributed by atoms with E-state index in [2.05, 4.69) is 5.32 Å². The van der Waals surface area contributed by atoms with Crippen molar-refractivity contribution in [3.8, 4) is 0 Å². The molecule has 1 amide bonds. The lowest BCUT2D eigenvalue weighted by molar-refractivity contribution is -0.157. The minimum Gasteiger partial charge on any atom is -0.478 e. The number of hydrogen-bond acceptors (Lipinski definition) is 6. The average molecular weight is 583 g/mol. The number of alkyl halides is 6. The van der Waals surface area contributed by atoms with Crippen LogP contribution >= 0.6 is 0 Å². The average Bonchev–Trinajstić information content (AvgIpc) is 2.90. The lowest BCUT2D eigenvalue weighted by atomic mass is 10.1. The number of aliphatic carboxylic acids is 1. The number of halogens is 6. The number of carbonyl (C=O) groups excluding carboxylic acids is 3. The van der Waals surface area contributed by atoms with Gasteiger partial charge in [-0.3, -0.25) is 4.79 Å². The van der Waals surface area contributed by atoms with Crippen LogP contribution in [0.25, 0.3) is 0 Å². The molecular weight excluding hydrogens is 564 g/mol. The lowest BCUT2D eigenvalue weighted by Gasteiger charge is -2.24. The number of hydrogen-bond donors (Lipinski definition) is 2. The zero-order chi connectivity index (χ0) is 30.5. The molecule has 0 radical (unpaired) electrons. The maximum atomic E-state index is 13.1. The maximum absolute atomic E-state index is 13.1. The van der Waals surface area contributed by atoms with Crippen LogP contribution < -0.4 is 5.32 Å². The van der Waals surface area contributed by atoms with Crippen molar-refractivity contribution < 1.29 is 60.1 Å². The fraction of sp³-hybridized carbons (Fsp3) is 0.185. The van der Waals surface area contributed by atoms with Crippen LogP contribution in [0.4, 0.5) is 32.0 Å². The first kappa shape index (κ1) is 30.7. The van der Waals surface area contributed by atoms with Crippen molar-refractivity contribution >= 4 is 29.5 Å². The Morgan fingerprint density at radius 2 is 1.15 bits per heavy atom. The van der Waals surface area contributed by atoms with E-state index in [1.54, 1.807) is 19.1 Å². The first-order valence-electron chi connectivity index (χ1n) is 11.4. The van der Waals surface area contributed by atoms with Crippen molar-refractivity contribution in [3.63, 3.8) is 0 Å². The van der Waals surface area contributed by atoms with E-state index in [0.29, 0.717) is 24.3 Å². The van der Waals surface area contributed by atoms with Crippen molar-refractivity contribution in [3.05, 3.63) is 101 Å². The van der Waals surface area contributed by atoms with Gasteiger partial charge in [0.05, 0.1) is 22.3 Å². The van der Waals surface area contributed by atoms with Crippen molar-refractivity contribution in [2.24, 2.45) is 0 Å². The summed E-state index contributed by atoms with van der Waals surface area (Å²) in [6.45, 7) is 1.72.